The molecule has 12 heavy (non-hydrogen) atoms. The second-order valence-corrected chi connectivity index (χ2v) is 3.03. The Hall–Kier alpha value is -1.44. The first-order valence-corrected chi connectivity index (χ1v) is 3.95. The summed E-state index contributed by atoms with van der Waals surface area (Å²) < 4.78 is 0. The second kappa shape index (κ2) is 2.56. The number of aromatic hydroxyl groups is 1. The molecule has 1 nitrogen and oxygen atoms in total. The zero-order chi connectivity index (χ0) is 8.55. The minimum absolute atomic E-state index is 0.325. The van der Waals surface area contributed by atoms with Gasteiger partial charge in [0.25, 0.3) is 0 Å². The Morgan fingerprint density at radius 2 is 1.58 bits per heavy atom. The standard InChI is InChI=1S/C10H9BO/c11-9-3-1-8-6-10(12)4-2-7(8)5-9/h1-6,12H,11H2. The highest BCUT2D eigenvalue weighted by Gasteiger charge is 1.93. The van der Waals surface area contributed by atoms with Crippen LogP contribution in [0.15, 0.2) is 36.4 Å². The monoisotopic (exact) mass is 156 g/mol. The van der Waals surface area contributed by atoms with Gasteiger partial charge in [-0.1, -0.05) is 29.7 Å². The largest absolute Gasteiger partial charge is 0.508 e. The number of hydrogen-bond acceptors (Lipinski definition) is 1. The summed E-state index contributed by atoms with van der Waals surface area (Å²) in [4.78, 5) is 0. The van der Waals surface area contributed by atoms with E-state index in [4.69, 9.17) is 0 Å². The number of phenols is 1. The molecule has 1 N–H and O–H groups in total. The zero-order valence-corrected chi connectivity index (χ0v) is 6.91. The van der Waals surface area contributed by atoms with Gasteiger partial charge in [0, 0.05) is 0 Å². The smallest absolute Gasteiger partial charge is 0.139 e. The average molecular weight is 156 g/mol. The summed E-state index contributed by atoms with van der Waals surface area (Å²) in [6.07, 6.45) is 0. The third kappa shape index (κ3) is 1.16. The summed E-state index contributed by atoms with van der Waals surface area (Å²) in [6, 6.07) is 11.6. The maximum atomic E-state index is 9.20. The van der Waals surface area contributed by atoms with Crippen LogP contribution in [0.4, 0.5) is 0 Å². The molecule has 2 aromatic rings. The van der Waals surface area contributed by atoms with Crippen molar-refractivity contribution < 1.29 is 5.11 Å². The van der Waals surface area contributed by atoms with Crippen molar-refractivity contribution in [2.75, 3.05) is 0 Å². The Morgan fingerprint density at radius 1 is 0.917 bits per heavy atom. The molecule has 0 spiro atoms. The van der Waals surface area contributed by atoms with E-state index in [-0.39, 0.29) is 0 Å². The Bertz CT molecular complexity index is 382. The molecule has 2 heteroatoms. The van der Waals surface area contributed by atoms with Gasteiger partial charge in [-0.05, 0) is 22.9 Å². The van der Waals surface area contributed by atoms with Crippen molar-refractivity contribution in [1.29, 1.82) is 0 Å². The first-order chi connectivity index (χ1) is 5.75. The fourth-order valence-electron chi connectivity index (χ4n) is 1.35. The van der Waals surface area contributed by atoms with Gasteiger partial charge in [0.2, 0.25) is 0 Å². The summed E-state index contributed by atoms with van der Waals surface area (Å²) >= 11 is 0. The van der Waals surface area contributed by atoms with Gasteiger partial charge in [-0.3, -0.25) is 0 Å². The van der Waals surface area contributed by atoms with E-state index in [9.17, 15) is 5.11 Å². The number of fused-ring (bicyclic) bond motifs is 1. The van der Waals surface area contributed by atoms with E-state index < -0.39 is 0 Å². The molecule has 2 rings (SSSR count). The van der Waals surface area contributed by atoms with E-state index in [0.717, 1.165) is 5.39 Å². The molecular weight excluding hydrogens is 147 g/mol. The Morgan fingerprint density at radius 3 is 2.42 bits per heavy atom. The van der Waals surface area contributed by atoms with Crippen LogP contribution in [0.3, 0.4) is 0 Å². The molecular formula is C10H9BO. The third-order valence-corrected chi connectivity index (χ3v) is 1.98. The van der Waals surface area contributed by atoms with Crippen molar-refractivity contribution >= 4 is 24.1 Å². The van der Waals surface area contributed by atoms with Crippen molar-refractivity contribution in [2.45, 2.75) is 0 Å². The van der Waals surface area contributed by atoms with E-state index in [0.29, 0.717) is 5.75 Å². The number of benzene rings is 2. The minimum atomic E-state index is 0.325. The fourth-order valence-corrected chi connectivity index (χ4v) is 1.35. The van der Waals surface area contributed by atoms with Gasteiger partial charge in [-0.25, -0.2) is 0 Å². The molecule has 2 aromatic carbocycles. The lowest BCUT2D eigenvalue weighted by Crippen LogP contribution is -1.99. The Labute approximate surface area is 72.1 Å². The normalized spacial score (nSPS) is 10.3. The van der Waals surface area contributed by atoms with Crippen LogP contribution in [0.2, 0.25) is 0 Å². The van der Waals surface area contributed by atoms with Crippen molar-refractivity contribution in [3.8, 4) is 5.75 Å². The lowest BCUT2D eigenvalue weighted by Gasteiger charge is -1.99. The molecule has 0 aromatic heterocycles. The lowest BCUT2D eigenvalue weighted by atomic mass is 9.93. The lowest BCUT2D eigenvalue weighted by molar-refractivity contribution is 0.476. The zero-order valence-electron chi connectivity index (χ0n) is 6.91. The Kier molecular flexibility index (Phi) is 1.54. The van der Waals surface area contributed by atoms with Gasteiger partial charge >= 0.3 is 0 Å². The summed E-state index contributed by atoms with van der Waals surface area (Å²) in [6.45, 7) is 0. The van der Waals surface area contributed by atoms with E-state index in [1.54, 1.807) is 12.1 Å². The van der Waals surface area contributed by atoms with E-state index >= 15 is 0 Å². The van der Waals surface area contributed by atoms with Gasteiger partial charge in [0.1, 0.15) is 13.6 Å². The van der Waals surface area contributed by atoms with E-state index in [1.165, 1.54) is 10.8 Å². The Balaban J connectivity index is 2.79. The predicted molar refractivity (Wildman–Crippen MR) is 53.8 cm³/mol. The van der Waals surface area contributed by atoms with Crippen LogP contribution in [0.1, 0.15) is 0 Å². The molecule has 0 atom stereocenters. The van der Waals surface area contributed by atoms with Crippen LogP contribution in [0.25, 0.3) is 10.8 Å². The van der Waals surface area contributed by atoms with Crippen LogP contribution < -0.4 is 5.46 Å². The molecule has 0 aliphatic carbocycles. The third-order valence-electron chi connectivity index (χ3n) is 1.98. The fraction of sp³-hybridized carbons (Fsp3) is 0. The van der Waals surface area contributed by atoms with Crippen molar-refractivity contribution in [2.24, 2.45) is 0 Å². The summed E-state index contributed by atoms with van der Waals surface area (Å²) in [5.74, 6) is 0.325. The maximum absolute atomic E-state index is 9.20. The molecule has 0 aliphatic rings. The SMILES string of the molecule is Bc1ccc2cc(O)ccc2c1. The molecule has 0 radical (unpaired) electrons. The quantitative estimate of drug-likeness (QED) is 0.559. The average Bonchev–Trinajstić information content (AvgIpc) is 2.05. The first-order valence-electron chi connectivity index (χ1n) is 3.95. The van der Waals surface area contributed by atoms with Crippen molar-refractivity contribution in [1.82, 2.24) is 0 Å². The summed E-state index contributed by atoms with van der Waals surface area (Å²) in [5.41, 5.74) is 1.24. The van der Waals surface area contributed by atoms with Crippen LogP contribution in [0.5, 0.6) is 5.75 Å². The van der Waals surface area contributed by atoms with Gasteiger partial charge < -0.3 is 5.11 Å². The minimum Gasteiger partial charge on any atom is -0.508 e. The molecule has 0 saturated carbocycles. The number of rotatable bonds is 0. The highest BCUT2D eigenvalue weighted by atomic mass is 16.3. The van der Waals surface area contributed by atoms with Gasteiger partial charge in [-0.2, -0.15) is 0 Å². The molecule has 0 saturated heterocycles. The topological polar surface area (TPSA) is 20.2 Å². The van der Waals surface area contributed by atoms with Crippen LogP contribution in [-0.2, 0) is 0 Å². The van der Waals surface area contributed by atoms with E-state index in [2.05, 4.69) is 13.9 Å². The van der Waals surface area contributed by atoms with Gasteiger partial charge in [0.15, 0.2) is 0 Å². The highest BCUT2D eigenvalue weighted by molar-refractivity contribution is 6.33. The highest BCUT2D eigenvalue weighted by Crippen LogP contribution is 2.17. The molecule has 0 unspecified atom stereocenters. The second-order valence-electron chi connectivity index (χ2n) is 3.03. The summed E-state index contributed by atoms with van der Waals surface area (Å²) in [7, 11) is 2.06. The molecule has 58 valence electrons. The molecule has 0 heterocycles. The number of hydrogen-bond donors (Lipinski definition) is 1. The molecule has 0 bridgehead atoms. The van der Waals surface area contributed by atoms with E-state index in [1.807, 2.05) is 18.2 Å². The van der Waals surface area contributed by atoms with Crippen molar-refractivity contribution in [3.63, 3.8) is 0 Å². The molecule has 0 fully saturated rings. The van der Waals surface area contributed by atoms with Crippen LogP contribution in [0, 0.1) is 0 Å². The van der Waals surface area contributed by atoms with Gasteiger partial charge in [0.05, 0.1) is 0 Å². The van der Waals surface area contributed by atoms with Gasteiger partial charge in [-0.15, -0.1) is 0 Å². The first kappa shape index (κ1) is 7.23. The molecule has 0 aliphatic heterocycles. The predicted octanol–water partition coefficient (Wildman–Crippen LogP) is 0.804. The van der Waals surface area contributed by atoms with Crippen LogP contribution >= 0.6 is 0 Å². The van der Waals surface area contributed by atoms with Crippen molar-refractivity contribution in [3.05, 3.63) is 36.4 Å². The summed E-state index contributed by atoms with van der Waals surface area (Å²) in [5, 5.41) is 11.5. The number of phenolic OH excluding ortho intramolecular Hbond substituents is 1. The molecule has 0 amide bonds. The van der Waals surface area contributed by atoms with Crippen LogP contribution in [-0.4, -0.2) is 13.0 Å². The maximum Gasteiger partial charge on any atom is 0.139 e.